The van der Waals surface area contributed by atoms with Crippen LogP contribution in [0.15, 0.2) is 53.7 Å². The van der Waals surface area contributed by atoms with Crippen LogP contribution in [0.4, 0.5) is 11.4 Å². The van der Waals surface area contributed by atoms with Gasteiger partial charge in [-0.05, 0) is 37.5 Å². The summed E-state index contributed by atoms with van der Waals surface area (Å²) in [6, 6.07) is 16.8. The van der Waals surface area contributed by atoms with Crippen molar-refractivity contribution >= 4 is 23.1 Å². The molecule has 1 unspecified atom stereocenters. The van der Waals surface area contributed by atoms with Gasteiger partial charge in [0.05, 0.1) is 0 Å². The summed E-state index contributed by atoms with van der Waals surface area (Å²) in [5, 5.41) is 13.1. The Bertz CT molecular complexity index is 1050. The van der Waals surface area contributed by atoms with Crippen molar-refractivity contribution in [1.29, 1.82) is 0 Å². The summed E-state index contributed by atoms with van der Waals surface area (Å²) < 4.78 is 6.44. The second-order valence-electron chi connectivity index (χ2n) is 8.57. The van der Waals surface area contributed by atoms with E-state index in [1.165, 1.54) is 18.5 Å². The maximum atomic E-state index is 6.44. The number of ether oxygens (including phenoxy) is 1. The van der Waals surface area contributed by atoms with Crippen molar-refractivity contribution in [2.24, 2.45) is 0 Å². The van der Waals surface area contributed by atoms with E-state index in [2.05, 4.69) is 71.5 Å². The van der Waals surface area contributed by atoms with Gasteiger partial charge in [-0.3, -0.25) is 0 Å². The van der Waals surface area contributed by atoms with Crippen molar-refractivity contribution in [2.75, 3.05) is 29.1 Å². The van der Waals surface area contributed by atoms with Crippen LogP contribution in [0, 0.1) is 0 Å². The highest BCUT2D eigenvalue weighted by Crippen LogP contribution is 2.39. The van der Waals surface area contributed by atoms with E-state index >= 15 is 0 Å². The molecule has 2 heterocycles. The van der Waals surface area contributed by atoms with E-state index in [0.29, 0.717) is 16.7 Å². The van der Waals surface area contributed by atoms with Gasteiger partial charge in [0.25, 0.3) is 0 Å². The van der Waals surface area contributed by atoms with Gasteiger partial charge >= 0.3 is 0 Å². The highest BCUT2D eigenvalue weighted by molar-refractivity contribution is 7.99. The summed E-state index contributed by atoms with van der Waals surface area (Å²) in [6.45, 7) is 8.78. The molecule has 4 rings (SSSR count). The lowest BCUT2D eigenvalue weighted by Crippen LogP contribution is -2.25. The van der Waals surface area contributed by atoms with Crippen LogP contribution in [-0.2, 0) is 0 Å². The molecule has 2 aromatic carbocycles. The SMILES string of the molecule is CCCCCSc1nnc2c(n1)OC(c1ccc(N(CCC)CCC)cc1)Nc1ccccc1-2. The third kappa shape index (κ3) is 5.81. The predicted molar refractivity (Wildman–Crippen MR) is 142 cm³/mol. The Balaban J connectivity index is 1.61. The normalized spacial score (nSPS) is 14.4. The molecule has 0 spiro atoms. The summed E-state index contributed by atoms with van der Waals surface area (Å²) in [6.07, 6.45) is 5.46. The fourth-order valence-electron chi connectivity index (χ4n) is 4.14. The summed E-state index contributed by atoms with van der Waals surface area (Å²) in [7, 11) is 0. The largest absolute Gasteiger partial charge is 0.448 e. The Morgan fingerprint density at radius 2 is 1.68 bits per heavy atom. The zero-order valence-corrected chi connectivity index (χ0v) is 21.3. The Labute approximate surface area is 207 Å². The van der Waals surface area contributed by atoms with Crippen LogP contribution < -0.4 is 15.0 Å². The number of para-hydroxylation sites is 1. The van der Waals surface area contributed by atoms with Crippen LogP contribution >= 0.6 is 11.8 Å². The van der Waals surface area contributed by atoms with E-state index in [0.717, 1.165) is 54.9 Å². The standard InChI is InChI=1S/C27H35N5OS/c1-4-7-10-19-34-27-29-26-24(30-31-27)22-11-8-9-12-23(22)28-25(33-26)20-13-15-21(16-14-20)32(17-5-2)18-6-3/h8-9,11-16,25,28H,4-7,10,17-19H2,1-3H3. The molecule has 0 aliphatic carbocycles. The fourth-order valence-corrected chi connectivity index (χ4v) is 4.92. The molecule has 1 aliphatic heterocycles. The van der Waals surface area contributed by atoms with Gasteiger partial charge in [-0.2, -0.15) is 4.98 Å². The maximum absolute atomic E-state index is 6.44. The highest BCUT2D eigenvalue weighted by atomic mass is 32.2. The third-order valence-corrected chi connectivity index (χ3v) is 6.78. The number of hydrogen-bond donors (Lipinski definition) is 1. The minimum absolute atomic E-state index is 0.364. The average molecular weight is 478 g/mol. The van der Waals surface area contributed by atoms with Crippen molar-refractivity contribution in [3.8, 4) is 17.1 Å². The molecule has 1 aromatic heterocycles. The smallest absolute Gasteiger partial charge is 0.247 e. The van der Waals surface area contributed by atoms with Crippen LogP contribution in [0.3, 0.4) is 0 Å². The molecule has 180 valence electrons. The average Bonchev–Trinajstić information content (AvgIpc) is 3.03. The Hall–Kier alpha value is -2.80. The van der Waals surface area contributed by atoms with E-state index in [9.17, 15) is 0 Å². The molecule has 0 bridgehead atoms. The van der Waals surface area contributed by atoms with Gasteiger partial charge < -0.3 is 15.0 Å². The molecule has 34 heavy (non-hydrogen) atoms. The molecule has 1 N–H and O–H groups in total. The minimum Gasteiger partial charge on any atom is -0.448 e. The summed E-state index contributed by atoms with van der Waals surface area (Å²) in [5.74, 6) is 1.51. The lowest BCUT2D eigenvalue weighted by molar-refractivity contribution is 0.225. The molecule has 0 saturated heterocycles. The minimum atomic E-state index is -0.364. The fraction of sp³-hybridized carbons (Fsp3) is 0.444. The lowest BCUT2D eigenvalue weighted by Gasteiger charge is -2.25. The van der Waals surface area contributed by atoms with E-state index in [-0.39, 0.29) is 6.23 Å². The number of benzene rings is 2. The molecule has 0 fully saturated rings. The lowest BCUT2D eigenvalue weighted by atomic mass is 10.1. The first-order chi connectivity index (χ1) is 16.7. The number of fused-ring (bicyclic) bond motifs is 3. The van der Waals surface area contributed by atoms with Crippen molar-refractivity contribution in [1.82, 2.24) is 15.2 Å². The van der Waals surface area contributed by atoms with Gasteiger partial charge in [0.1, 0.15) is 0 Å². The number of thioether (sulfide) groups is 1. The Kier molecular flexibility index (Phi) is 8.63. The zero-order valence-electron chi connectivity index (χ0n) is 20.5. The molecule has 6 nitrogen and oxygen atoms in total. The summed E-state index contributed by atoms with van der Waals surface area (Å²) >= 11 is 1.64. The van der Waals surface area contributed by atoms with E-state index < -0.39 is 0 Å². The van der Waals surface area contributed by atoms with Gasteiger partial charge in [-0.1, -0.05) is 75.7 Å². The van der Waals surface area contributed by atoms with Gasteiger partial charge in [-0.25, -0.2) is 0 Å². The van der Waals surface area contributed by atoms with Crippen molar-refractivity contribution < 1.29 is 4.74 Å². The number of nitrogens with zero attached hydrogens (tertiary/aromatic N) is 4. The van der Waals surface area contributed by atoms with E-state index in [4.69, 9.17) is 9.72 Å². The first-order valence-corrected chi connectivity index (χ1v) is 13.5. The summed E-state index contributed by atoms with van der Waals surface area (Å²) in [5.41, 5.74) is 4.90. The second kappa shape index (κ2) is 12.1. The first-order valence-electron chi connectivity index (χ1n) is 12.5. The van der Waals surface area contributed by atoms with Crippen LogP contribution in [-0.4, -0.2) is 34.0 Å². The number of nitrogens with one attached hydrogen (secondary N) is 1. The van der Waals surface area contributed by atoms with Crippen LogP contribution in [0.25, 0.3) is 11.3 Å². The number of rotatable bonds is 11. The molecule has 0 saturated carbocycles. The Morgan fingerprint density at radius 3 is 2.41 bits per heavy atom. The van der Waals surface area contributed by atoms with Crippen molar-refractivity contribution in [3.05, 3.63) is 54.1 Å². The van der Waals surface area contributed by atoms with Gasteiger partial charge in [0.15, 0.2) is 11.9 Å². The van der Waals surface area contributed by atoms with Crippen LogP contribution in [0.1, 0.15) is 64.7 Å². The van der Waals surface area contributed by atoms with E-state index in [1.807, 2.05) is 18.2 Å². The molecule has 3 aromatic rings. The van der Waals surface area contributed by atoms with E-state index in [1.54, 1.807) is 11.8 Å². The molecule has 0 amide bonds. The molecule has 7 heteroatoms. The number of aromatic nitrogens is 3. The van der Waals surface area contributed by atoms with Crippen molar-refractivity contribution in [2.45, 2.75) is 64.3 Å². The first kappa shape index (κ1) is 24.3. The van der Waals surface area contributed by atoms with Crippen LogP contribution in [0.5, 0.6) is 5.88 Å². The number of anilines is 2. The second-order valence-corrected chi connectivity index (χ2v) is 9.63. The quantitative estimate of drug-likeness (QED) is 0.237. The predicted octanol–water partition coefficient (Wildman–Crippen LogP) is 6.95. The highest BCUT2D eigenvalue weighted by Gasteiger charge is 2.26. The molecule has 1 aliphatic rings. The summed E-state index contributed by atoms with van der Waals surface area (Å²) in [4.78, 5) is 7.20. The number of unbranched alkanes of at least 4 members (excludes halogenated alkanes) is 2. The molecular formula is C27H35N5OS. The monoisotopic (exact) mass is 477 g/mol. The topological polar surface area (TPSA) is 63.2 Å². The molecular weight excluding hydrogens is 442 g/mol. The zero-order chi connectivity index (χ0) is 23.8. The third-order valence-electron chi connectivity index (χ3n) is 5.86. The Morgan fingerprint density at radius 1 is 0.912 bits per heavy atom. The van der Waals surface area contributed by atoms with Gasteiger partial charge in [0.2, 0.25) is 11.0 Å². The number of hydrogen-bond acceptors (Lipinski definition) is 7. The molecule has 1 atom stereocenters. The maximum Gasteiger partial charge on any atom is 0.247 e. The molecule has 0 radical (unpaired) electrons. The van der Waals surface area contributed by atoms with Crippen LogP contribution in [0.2, 0.25) is 0 Å². The van der Waals surface area contributed by atoms with Gasteiger partial charge in [-0.15, -0.1) is 10.2 Å². The van der Waals surface area contributed by atoms with Crippen molar-refractivity contribution in [3.63, 3.8) is 0 Å². The van der Waals surface area contributed by atoms with Gasteiger partial charge in [0, 0.05) is 41.3 Å².